The summed E-state index contributed by atoms with van der Waals surface area (Å²) in [5.74, 6) is -1.43. The maximum atomic E-state index is 13.0. The van der Waals surface area contributed by atoms with Crippen LogP contribution in [-0.4, -0.2) is 21.4 Å². The van der Waals surface area contributed by atoms with Crippen LogP contribution in [0.4, 0.5) is 13.2 Å². The molecular weight excluding hydrogens is 363 g/mol. The van der Waals surface area contributed by atoms with E-state index in [0.717, 1.165) is 30.3 Å². The molecule has 1 amide bonds. The molecule has 0 unspecified atom stereocenters. The van der Waals surface area contributed by atoms with Gasteiger partial charge in [-0.2, -0.15) is 21.6 Å². The first-order valence-electron chi connectivity index (χ1n) is 6.65. The molecule has 0 radical (unpaired) electrons. The van der Waals surface area contributed by atoms with Crippen LogP contribution in [0.2, 0.25) is 0 Å². The smallest absolute Gasteiger partial charge is 0.417 e. The molecule has 2 aromatic carbocycles. The Morgan fingerprint density at radius 2 is 1.76 bits per heavy atom. The first-order valence-corrected chi connectivity index (χ1v) is 8.05. The van der Waals surface area contributed by atoms with Gasteiger partial charge in [0, 0.05) is 6.07 Å². The van der Waals surface area contributed by atoms with Crippen molar-refractivity contribution in [2.75, 3.05) is 7.11 Å². The average molecular weight is 375 g/mol. The van der Waals surface area contributed by atoms with Crippen molar-refractivity contribution in [1.29, 1.82) is 0 Å². The lowest BCUT2D eigenvalue weighted by Gasteiger charge is -2.15. The fourth-order valence-electron chi connectivity index (χ4n) is 1.98. The Kier molecular flexibility index (Phi) is 4.93. The Bertz CT molecular complexity index is 910. The molecule has 134 valence electrons. The van der Waals surface area contributed by atoms with Crippen molar-refractivity contribution < 1.29 is 35.3 Å². The number of methoxy groups -OCH3 is 1. The number of carbonyl (C=O) groups is 1. The lowest BCUT2D eigenvalue weighted by Crippen LogP contribution is -2.19. The van der Waals surface area contributed by atoms with Crippen molar-refractivity contribution in [2.45, 2.75) is 11.1 Å². The molecule has 2 aromatic rings. The van der Waals surface area contributed by atoms with Crippen molar-refractivity contribution in [2.24, 2.45) is 5.73 Å². The number of nitrogens with two attached hydrogens (primary N) is 1. The van der Waals surface area contributed by atoms with E-state index in [1.807, 2.05) is 0 Å². The van der Waals surface area contributed by atoms with Crippen molar-refractivity contribution in [3.63, 3.8) is 0 Å². The third-order valence-corrected chi connectivity index (χ3v) is 4.41. The first-order chi connectivity index (χ1) is 11.6. The van der Waals surface area contributed by atoms with Gasteiger partial charge in [-0.15, -0.1) is 0 Å². The second kappa shape index (κ2) is 6.63. The zero-order valence-corrected chi connectivity index (χ0v) is 13.5. The van der Waals surface area contributed by atoms with Gasteiger partial charge in [0.15, 0.2) is 5.75 Å². The molecule has 25 heavy (non-hydrogen) atoms. The van der Waals surface area contributed by atoms with Crippen molar-refractivity contribution in [3.05, 3.63) is 53.6 Å². The Morgan fingerprint density at radius 1 is 1.12 bits per heavy atom. The molecule has 0 saturated heterocycles. The number of halogens is 3. The van der Waals surface area contributed by atoms with Gasteiger partial charge < -0.3 is 14.7 Å². The van der Waals surface area contributed by atoms with Gasteiger partial charge >= 0.3 is 16.3 Å². The fourth-order valence-corrected chi connectivity index (χ4v) is 3.15. The summed E-state index contributed by atoms with van der Waals surface area (Å²) in [6.07, 6.45) is -4.91. The van der Waals surface area contributed by atoms with E-state index in [1.54, 1.807) is 0 Å². The Labute approximate surface area is 141 Å². The van der Waals surface area contributed by atoms with Crippen LogP contribution in [0.25, 0.3) is 0 Å². The molecule has 0 aliphatic heterocycles. The number of hydrogen-bond acceptors (Lipinski definition) is 5. The Hall–Kier alpha value is -2.75. The fraction of sp³-hybridized carbons (Fsp3) is 0.133. The molecule has 2 N–H and O–H groups in total. The highest BCUT2D eigenvalue weighted by atomic mass is 32.2. The molecule has 0 aliphatic rings. The van der Waals surface area contributed by atoms with E-state index in [1.165, 1.54) is 13.2 Å². The number of ether oxygens (including phenoxy) is 1. The minimum Gasteiger partial charge on any atom is -0.497 e. The molecule has 6 nitrogen and oxygen atoms in total. The quantitative estimate of drug-likeness (QED) is 0.811. The molecule has 0 fully saturated rings. The second-order valence-corrected chi connectivity index (χ2v) is 6.27. The maximum Gasteiger partial charge on any atom is 0.417 e. The molecule has 0 aromatic heterocycles. The van der Waals surface area contributed by atoms with E-state index < -0.39 is 38.4 Å². The standard InChI is InChI=1S/C15H12F3NO5S/c1-23-9-6-7-10(14(19)20)12(8-9)24-25(21,22)13-5-3-2-4-11(13)15(16,17)18/h2-8H,1H3,(H2,19,20). The first kappa shape index (κ1) is 18.6. The Morgan fingerprint density at radius 3 is 2.32 bits per heavy atom. The van der Waals surface area contributed by atoms with Crippen molar-refractivity contribution >= 4 is 16.0 Å². The van der Waals surface area contributed by atoms with E-state index >= 15 is 0 Å². The van der Waals surface area contributed by atoms with E-state index in [2.05, 4.69) is 0 Å². The zero-order valence-electron chi connectivity index (χ0n) is 12.7. The summed E-state index contributed by atoms with van der Waals surface area (Å²) >= 11 is 0. The normalized spacial score (nSPS) is 11.8. The summed E-state index contributed by atoms with van der Waals surface area (Å²) in [6.45, 7) is 0. The van der Waals surface area contributed by atoms with E-state index in [4.69, 9.17) is 14.7 Å². The van der Waals surface area contributed by atoms with Gasteiger partial charge in [0.25, 0.3) is 5.91 Å². The molecule has 0 spiro atoms. The molecule has 2 rings (SSSR count). The van der Waals surface area contributed by atoms with Crippen LogP contribution in [-0.2, 0) is 16.3 Å². The van der Waals surface area contributed by atoms with Gasteiger partial charge in [0.05, 0.1) is 18.2 Å². The predicted octanol–water partition coefficient (Wildman–Crippen LogP) is 2.58. The predicted molar refractivity (Wildman–Crippen MR) is 80.8 cm³/mol. The number of hydrogen-bond donors (Lipinski definition) is 1. The summed E-state index contributed by atoms with van der Waals surface area (Å²) in [6, 6.07) is 7.02. The zero-order chi connectivity index (χ0) is 18.8. The molecular formula is C15H12F3NO5S. The van der Waals surface area contributed by atoms with Crippen molar-refractivity contribution in [1.82, 2.24) is 0 Å². The van der Waals surface area contributed by atoms with Gasteiger partial charge in [-0.3, -0.25) is 4.79 Å². The highest BCUT2D eigenvalue weighted by molar-refractivity contribution is 7.87. The highest BCUT2D eigenvalue weighted by Gasteiger charge is 2.38. The summed E-state index contributed by atoms with van der Waals surface area (Å²) in [4.78, 5) is 10.3. The summed E-state index contributed by atoms with van der Waals surface area (Å²) in [7, 11) is -3.62. The number of amides is 1. The lowest BCUT2D eigenvalue weighted by atomic mass is 10.2. The summed E-state index contributed by atoms with van der Waals surface area (Å²) < 4.78 is 73.4. The minimum absolute atomic E-state index is 0.124. The highest BCUT2D eigenvalue weighted by Crippen LogP contribution is 2.35. The van der Waals surface area contributed by atoms with Gasteiger partial charge in [-0.05, 0) is 24.3 Å². The third-order valence-electron chi connectivity index (χ3n) is 3.12. The van der Waals surface area contributed by atoms with Crippen molar-refractivity contribution in [3.8, 4) is 11.5 Å². The van der Waals surface area contributed by atoms with Crippen LogP contribution in [0.1, 0.15) is 15.9 Å². The van der Waals surface area contributed by atoms with Gasteiger partial charge in [0.2, 0.25) is 0 Å². The number of benzene rings is 2. The lowest BCUT2D eigenvalue weighted by molar-refractivity contribution is -0.139. The number of rotatable bonds is 5. The van der Waals surface area contributed by atoms with Gasteiger partial charge in [-0.25, -0.2) is 0 Å². The van der Waals surface area contributed by atoms with Crippen LogP contribution in [0.5, 0.6) is 11.5 Å². The molecule has 0 aliphatic carbocycles. The van der Waals surface area contributed by atoms with Gasteiger partial charge in [0.1, 0.15) is 10.6 Å². The number of primary amides is 1. The monoisotopic (exact) mass is 375 g/mol. The van der Waals surface area contributed by atoms with Crippen LogP contribution >= 0.6 is 0 Å². The van der Waals surface area contributed by atoms with Crippen LogP contribution in [0, 0.1) is 0 Å². The molecule has 0 atom stereocenters. The maximum absolute atomic E-state index is 13.0. The summed E-state index contributed by atoms with van der Waals surface area (Å²) in [5, 5.41) is 0. The molecule has 0 saturated carbocycles. The van der Waals surface area contributed by atoms with Crippen LogP contribution in [0.15, 0.2) is 47.4 Å². The molecule has 0 heterocycles. The average Bonchev–Trinajstić information content (AvgIpc) is 2.53. The largest absolute Gasteiger partial charge is 0.497 e. The topological polar surface area (TPSA) is 95.7 Å². The molecule has 10 heteroatoms. The number of alkyl halides is 3. The Balaban J connectivity index is 2.56. The van der Waals surface area contributed by atoms with Crippen LogP contribution < -0.4 is 14.7 Å². The molecule has 0 bridgehead atoms. The van der Waals surface area contributed by atoms with E-state index in [0.29, 0.717) is 6.07 Å². The SMILES string of the molecule is COc1ccc(C(N)=O)c(OS(=O)(=O)c2ccccc2C(F)(F)F)c1. The van der Waals surface area contributed by atoms with Gasteiger partial charge in [-0.1, -0.05) is 12.1 Å². The number of carbonyl (C=O) groups excluding carboxylic acids is 1. The minimum atomic E-state index is -4.91. The third kappa shape index (κ3) is 4.02. The van der Waals surface area contributed by atoms with Crippen LogP contribution in [0.3, 0.4) is 0 Å². The summed E-state index contributed by atoms with van der Waals surface area (Å²) in [5.41, 5.74) is 3.41. The second-order valence-electron chi connectivity index (χ2n) is 4.76. The van der Waals surface area contributed by atoms with E-state index in [-0.39, 0.29) is 11.3 Å². The van der Waals surface area contributed by atoms with E-state index in [9.17, 15) is 26.4 Å².